The molecule has 2 rings (SSSR count). The molecule has 0 saturated carbocycles. The number of hydrogen-bond acceptors (Lipinski definition) is 1. The molecular weight excluding hydrogens is 322 g/mol. The Bertz CT molecular complexity index is 651. The van der Waals surface area contributed by atoms with Crippen LogP contribution in [0.15, 0.2) is 40.9 Å². The van der Waals surface area contributed by atoms with E-state index in [0.717, 1.165) is 30.3 Å². The van der Waals surface area contributed by atoms with Crippen LogP contribution in [0.25, 0.3) is 10.8 Å². The van der Waals surface area contributed by atoms with Crippen LogP contribution in [-0.2, 0) is 0 Å². The lowest BCUT2D eigenvalue weighted by Crippen LogP contribution is -2.22. The lowest BCUT2D eigenvalue weighted by atomic mass is 9.98. The average Bonchev–Trinajstić information content (AvgIpc) is 2.50. The molecule has 2 heteroatoms. The molecule has 0 bridgehead atoms. The van der Waals surface area contributed by atoms with Crippen molar-refractivity contribution in [1.82, 2.24) is 5.32 Å². The van der Waals surface area contributed by atoms with Gasteiger partial charge in [-0.1, -0.05) is 41.1 Å². The number of benzene rings is 2. The SMILES string of the molecule is CC#CCCC(NCCC)c1ccc2cc(Br)ccc2c1. The van der Waals surface area contributed by atoms with Gasteiger partial charge in [-0.2, -0.15) is 0 Å². The van der Waals surface area contributed by atoms with E-state index >= 15 is 0 Å². The second kappa shape index (κ2) is 8.22. The van der Waals surface area contributed by atoms with Gasteiger partial charge in [-0.15, -0.1) is 11.8 Å². The van der Waals surface area contributed by atoms with Gasteiger partial charge in [0.2, 0.25) is 0 Å². The maximum atomic E-state index is 3.64. The van der Waals surface area contributed by atoms with E-state index in [1.807, 2.05) is 6.92 Å². The van der Waals surface area contributed by atoms with Gasteiger partial charge in [0.05, 0.1) is 0 Å². The van der Waals surface area contributed by atoms with Gasteiger partial charge in [0.1, 0.15) is 0 Å². The average molecular weight is 344 g/mol. The fourth-order valence-electron chi connectivity index (χ4n) is 2.50. The first-order valence-electron chi connectivity index (χ1n) is 7.56. The first-order valence-corrected chi connectivity index (χ1v) is 8.36. The van der Waals surface area contributed by atoms with E-state index in [4.69, 9.17) is 0 Å². The van der Waals surface area contributed by atoms with Crippen molar-refractivity contribution in [2.45, 2.75) is 39.2 Å². The van der Waals surface area contributed by atoms with Crippen LogP contribution in [0.2, 0.25) is 0 Å². The zero-order valence-electron chi connectivity index (χ0n) is 12.7. The largest absolute Gasteiger partial charge is 0.310 e. The highest BCUT2D eigenvalue weighted by Crippen LogP contribution is 2.25. The van der Waals surface area contributed by atoms with Crippen molar-refractivity contribution in [2.75, 3.05) is 6.54 Å². The molecule has 0 fully saturated rings. The van der Waals surface area contributed by atoms with Crippen molar-refractivity contribution in [1.29, 1.82) is 0 Å². The molecule has 0 aliphatic heterocycles. The first-order chi connectivity index (χ1) is 10.2. The molecule has 0 radical (unpaired) electrons. The summed E-state index contributed by atoms with van der Waals surface area (Å²) in [5.41, 5.74) is 1.36. The number of rotatable bonds is 6. The zero-order valence-corrected chi connectivity index (χ0v) is 14.3. The van der Waals surface area contributed by atoms with Gasteiger partial charge in [-0.3, -0.25) is 0 Å². The second-order valence-corrected chi connectivity index (χ2v) is 6.14. The van der Waals surface area contributed by atoms with Gasteiger partial charge in [0, 0.05) is 16.9 Å². The van der Waals surface area contributed by atoms with E-state index in [-0.39, 0.29) is 0 Å². The molecule has 0 amide bonds. The third-order valence-corrected chi connectivity index (χ3v) is 4.10. The maximum absolute atomic E-state index is 3.64. The number of halogens is 1. The lowest BCUT2D eigenvalue weighted by molar-refractivity contribution is 0.506. The van der Waals surface area contributed by atoms with Gasteiger partial charge < -0.3 is 5.32 Å². The second-order valence-electron chi connectivity index (χ2n) is 5.22. The van der Waals surface area contributed by atoms with E-state index in [1.54, 1.807) is 0 Å². The normalized spacial score (nSPS) is 12.0. The molecule has 21 heavy (non-hydrogen) atoms. The van der Waals surface area contributed by atoms with E-state index in [2.05, 4.69) is 76.4 Å². The Kier molecular flexibility index (Phi) is 6.29. The van der Waals surface area contributed by atoms with Crippen LogP contribution in [0.1, 0.15) is 44.7 Å². The van der Waals surface area contributed by atoms with E-state index < -0.39 is 0 Å². The van der Waals surface area contributed by atoms with Crippen LogP contribution < -0.4 is 5.32 Å². The standard InChI is InChI=1S/C19H22BrN/c1-3-5-6-7-19(21-12-4-2)17-9-8-16-14-18(20)11-10-15(16)13-17/h8-11,13-14,19,21H,4,6-7,12H2,1-2H3. The Balaban J connectivity index is 2.24. The topological polar surface area (TPSA) is 12.0 Å². The van der Waals surface area contributed by atoms with Crippen LogP contribution >= 0.6 is 15.9 Å². The molecule has 0 aliphatic rings. The zero-order chi connectivity index (χ0) is 15.1. The van der Waals surface area contributed by atoms with Gasteiger partial charge >= 0.3 is 0 Å². The minimum atomic E-state index is 0.388. The molecule has 0 aliphatic carbocycles. The summed E-state index contributed by atoms with van der Waals surface area (Å²) in [5.74, 6) is 6.16. The van der Waals surface area contributed by atoms with Crippen LogP contribution in [0.5, 0.6) is 0 Å². The fraction of sp³-hybridized carbons (Fsp3) is 0.368. The van der Waals surface area contributed by atoms with Crippen LogP contribution in [-0.4, -0.2) is 6.54 Å². The van der Waals surface area contributed by atoms with Crippen molar-refractivity contribution < 1.29 is 0 Å². The molecule has 1 nitrogen and oxygen atoms in total. The fourth-order valence-corrected chi connectivity index (χ4v) is 2.88. The summed E-state index contributed by atoms with van der Waals surface area (Å²) >= 11 is 3.53. The minimum absolute atomic E-state index is 0.388. The summed E-state index contributed by atoms with van der Waals surface area (Å²) in [6, 6.07) is 13.6. The highest BCUT2D eigenvalue weighted by atomic mass is 79.9. The molecule has 1 unspecified atom stereocenters. The third-order valence-electron chi connectivity index (χ3n) is 3.60. The number of hydrogen-bond donors (Lipinski definition) is 1. The van der Waals surface area contributed by atoms with Crippen molar-refractivity contribution in [3.8, 4) is 11.8 Å². The number of nitrogens with one attached hydrogen (secondary N) is 1. The Morgan fingerprint density at radius 3 is 2.67 bits per heavy atom. The Hall–Kier alpha value is -1.30. The predicted octanol–water partition coefficient (Wildman–Crippen LogP) is 5.45. The van der Waals surface area contributed by atoms with Crippen molar-refractivity contribution in [3.63, 3.8) is 0 Å². The molecule has 110 valence electrons. The lowest BCUT2D eigenvalue weighted by Gasteiger charge is -2.18. The van der Waals surface area contributed by atoms with Crippen molar-refractivity contribution >= 4 is 26.7 Å². The Morgan fingerprint density at radius 1 is 1.14 bits per heavy atom. The summed E-state index contributed by atoms with van der Waals surface area (Å²) < 4.78 is 1.13. The smallest absolute Gasteiger partial charge is 0.0329 e. The van der Waals surface area contributed by atoms with Crippen LogP contribution in [0.3, 0.4) is 0 Å². The summed E-state index contributed by atoms with van der Waals surface area (Å²) in [6.45, 7) is 5.15. The predicted molar refractivity (Wildman–Crippen MR) is 95.4 cm³/mol. The molecule has 0 spiro atoms. The molecule has 0 aromatic heterocycles. The van der Waals surface area contributed by atoms with E-state index in [9.17, 15) is 0 Å². The molecule has 0 saturated heterocycles. The number of fused-ring (bicyclic) bond motifs is 1. The van der Waals surface area contributed by atoms with Gasteiger partial charge in [0.25, 0.3) is 0 Å². The van der Waals surface area contributed by atoms with Crippen molar-refractivity contribution in [3.05, 3.63) is 46.4 Å². The highest BCUT2D eigenvalue weighted by Gasteiger charge is 2.10. The molecule has 2 aromatic rings. The van der Waals surface area contributed by atoms with Crippen molar-refractivity contribution in [2.24, 2.45) is 0 Å². The minimum Gasteiger partial charge on any atom is -0.310 e. The van der Waals surface area contributed by atoms with Crippen LogP contribution in [0, 0.1) is 11.8 Å². The summed E-state index contributed by atoms with van der Waals surface area (Å²) in [6.07, 6.45) is 3.15. The summed E-state index contributed by atoms with van der Waals surface area (Å²) in [7, 11) is 0. The van der Waals surface area contributed by atoms with Gasteiger partial charge in [-0.25, -0.2) is 0 Å². The summed E-state index contributed by atoms with van der Waals surface area (Å²) in [5, 5.41) is 6.21. The van der Waals surface area contributed by atoms with Crippen LogP contribution in [0.4, 0.5) is 0 Å². The molecule has 1 N–H and O–H groups in total. The summed E-state index contributed by atoms with van der Waals surface area (Å²) in [4.78, 5) is 0. The third kappa shape index (κ3) is 4.59. The monoisotopic (exact) mass is 343 g/mol. The van der Waals surface area contributed by atoms with E-state index in [0.29, 0.717) is 6.04 Å². The molecular formula is C19H22BrN. The first kappa shape index (κ1) is 16.1. The maximum Gasteiger partial charge on any atom is 0.0329 e. The Morgan fingerprint density at radius 2 is 1.90 bits per heavy atom. The molecule has 1 atom stereocenters. The Labute approximate surface area is 136 Å². The van der Waals surface area contributed by atoms with E-state index in [1.165, 1.54) is 16.3 Å². The highest BCUT2D eigenvalue weighted by molar-refractivity contribution is 9.10. The quantitative estimate of drug-likeness (QED) is 0.688. The molecule has 0 heterocycles. The van der Waals surface area contributed by atoms with Gasteiger partial charge in [-0.05, 0) is 60.8 Å². The molecule has 2 aromatic carbocycles. The van der Waals surface area contributed by atoms with Gasteiger partial charge in [0.15, 0.2) is 0 Å².